The van der Waals surface area contributed by atoms with Crippen molar-refractivity contribution in [3.05, 3.63) is 95.2 Å². The van der Waals surface area contributed by atoms with E-state index in [1.807, 2.05) is 50.9 Å². The van der Waals surface area contributed by atoms with Crippen molar-refractivity contribution in [2.24, 2.45) is 0 Å². The fraction of sp³-hybridized carbons (Fsp3) is 0.227. The van der Waals surface area contributed by atoms with E-state index in [0.29, 0.717) is 0 Å². The second-order valence-electron chi connectivity index (χ2n) is 6.12. The van der Waals surface area contributed by atoms with E-state index in [9.17, 15) is 9.18 Å². The molecular weight excluding hydrogens is 329 g/mol. The zero-order valence-electron chi connectivity index (χ0n) is 15.8. The maximum atomic E-state index is 14.1. The van der Waals surface area contributed by atoms with Gasteiger partial charge in [-0.2, -0.15) is 0 Å². The molecule has 1 rings (SSSR count). The van der Waals surface area contributed by atoms with Gasteiger partial charge in [0, 0.05) is 24.9 Å². The van der Waals surface area contributed by atoms with Crippen molar-refractivity contribution in [1.82, 2.24) is 4.90 Å². The molecule has 3 nitrogen and oxygen atoms in total. The summed E-state index contributed by atoms with van der Waals surface area (Å²) in [5.74, 6) is -1.29. The van der Waals surface area contributed by atoms with Crippen molar-refractivity contribution in [2.75, 3.05) is 7.05 Å². The van der Waals surface area contributed by atoms with Crippen LogP contribution < -0.4 is 0 Å². The Morgan fingerprint density at radius 2 is 1.96 bits per heavy atom. The molecule has 138 valence electrons. The summed E-state index contributed by atoms with van der Waals surface area (Å²) in [4.78, 5) is 12.8. The van der Waals surface area contributed by atoms with Gasteiger partial charge in [-0.25, -0.2) is 9.18 Å². The molecule has 0 heterocycles. The molecule has 0 spiro atoms. The molecule has 0 saturated carbocycles. The lowest BCUT2D eigenvalue weighted by molar-refractivity contribution is -0.132. The van der Waals surface area contributed by atoms with E-state index >= 15 is 0 Å². The summed E-state index contributed by atoms with van der Waals surface area (Å²) in [7, 11) is 1.86. The largest absolute Gasteiger partial charge is 0.478 e. The Morgan fingerprint density at radius 3 is 2.50 bits per heavy atom. The van der Waals surface area contributed by atoms with Gasteiger partial charge in [0.05, 0.1) is 5.57 Å². The first-order chi connectivity index (χ1) is 12.2. The Hall–Kier alpha value is -2.88. The van der Waals surface area contributed by atoms with Crippen LogP contribution in [0.25, 0.3) is 0 Å². The van der Waals surface area contributed by atoms with E-state index in [0.717, 1.165) is 28.1 Å². The second-order valence-corrected chi connectivity index (χ2v) is 6.12. The van der Waals surface area contributed by atoms with Crippen LogP contribution in [-0.4, -0.2) is 23.0 Å². The van der Waals surface area contributed by atoms with Gasteiger partial charge in [0.25, 0.3) is 0 Å². The number of nitrogens with zero attached hydrogens (tertiary/aromatic N) is 1. The molecule has 0 atom stereocenters. The molecule has 1 aliphatic rings. The highest BCUT2D eigenvalue weighted by molar-refractivity contribution is 5.89. The number of carboxylic acid groups (broad SMARTS) is 1. The van der Waals surface area contributed by atoms with Gasteiger partial charge < -0.3 is 10.0 Å². The summed E-state index contributed by atoms with van der Waals surface area (Å²) >= 11 is 0. The van der Waals surface area contributed by atoms with E-state index in [4.69, 9.17) is 5.11 Å². The van der Waals surface area contributed by atoms with Gasteiger partial charge in [-0.05, 0) is 56.2 Å². The van der Waals surface area contributed by atoms with Crippen molar-refractivity contribution in [2.45, 2.75) is 27.2 Å². The maximum Gasteiger partial charge on any atom is 0.335 e. The number of hydrogen-bond acceptors (Lipinski definition) is 2. The Kier molecular flexibility index (Phi) is 7.78. The number of hydrogen-bond donors (Lipinski definition) is 1. The number of rotatable bonds is 7. The minimum atomic E-state index is -1.07. The molecule has 0 unspecified atom stereocenters. The highest BCUT2D eigenvalue weighted by atomic mass is 19.1. The summed E-state index contributed by atoms with van der Waals surface area (Å²) in [5, 5.41) is 8.95. The van der Waals surface area contributed by atoms with Crippen molar-refractivity contribution in [3.8, 4) is 0 Å². The summed E-state index contributed by atoms with van der Waals surface area (Å²) < 4.78 is 14.1. The summed E-state index contributed by atoms with van der Waals surface area (Å²) in [6.45, 7) is 13.1. The fourth-order valence-electron chi connectivity index (χ4n) is 2.57. The van der Waals surface area contributed by atoms with Crippen LogP contribution in [0, 0.1) is 0 Å². The van der Waals surface area contributed by atoms with Crippen molar-refractivity contribution < 1.29 is 14.3 Å². The molecule has 1 N–H and O–H groups in total. The number of aliphatic carboxylic acids is 1. The molecule has 0 radical (unpaired) electrons. The number of carbonyl (C=O) groups is 1. The van der Waals surface area contributed by atoms with E-state index in [2.05, 4.69) is 13.2 Å². The van der Waals surface area contributed by atoms with Gasteiger partial charge in [-0.1, -0.05) is 37.0 Å². The minimum Gasteiger partial charge on any atom is -0.478 e. The third-order valence-electron chi connectivity index (χ3n) is 3.90. The van der Waals surface area contributed by atoms with Crippen LogP contribution in [0.3, 0.4) is 0 Å². The van der Waals surface area contributed by atoms with Crippen molar-refractivity contribution in [3.63, 3.8) is 0 Å². The van der Waals surface area contributed by atoms with Crippen LogP contribution in [0.1, 0.15) is 27.2 Å². The van der Waals surface area contributed by atoms with Gasteiger partial charge in [0.1, 0.15) is 5.83 Å². The molecule has 4 heteroatoms. The van der Waals surface area contributed by atoms with E-state index in [1.165, 1.54) is 12.2 Å². The Bertz CT molecular complexity index is 789. The lowest BCUT2D eigenvalue weighted by atomic mass is 9.99. The molecule has 0 aromatic rings. The molecule has 0 bridgehead atoms. The monoisotopic (exact) mass is 355 g/mol. The highest BCUT2D eigenvalue weighted by Crippen LogP contribution is 2.30. The van der Waals surface area contributed by atoms with Crippen molar-refractivity contribution in [1.29, 1.82) is 0 Å². The maximum absolute atomic E-state index is 14.1. The smallest absolute Gasteiger partial charge is 0.335 e. The molecule has 0 saturated heterocycles. The number of allylic oxidation sites excluding steroid dienone is 10. The zero-order chi connectivity index (χ0) is 19.9. The first kappa shape index (κ1) is 21.2. The molecule has 0 amide bonds. The third kappa shape index (κ3) is 5.88. The Morgan fingerprint density at radius 1 is 1.31 bits per heavy atom. The fourth-order valence-corrected chi connectivity index (χ4v) is 2.57. The Labute approximate surface area is 155 Å². The summed E-state index contributed by atoms with van der Waals surface area (Å²) in [6, 6.07) is 0. The molecule has 0 aromatic heterocycles. The average molecular weight is 355 g/mol. The van der Waals surface area contributed by atoms with Gasteiger partial charge >= 0.3 is 5.97 Å². The summed E-state index contributed by atoms with van der Waals surface area (Å²) in [5.41, 5.74) is 4.28. The quantitative estimate of drug-likeness (QED) is 0.477. The molecule has 1 aliphatic carbocycles. The van der Waals surface area contributed by atoms with E-state index in [-0.39, 0.29) is 17.8 Å². The normalized spacial score (nSPS) is 15.8. The Balaban J connectivity index is 3.37. The van der Waals surface area contributed by atoms with Crippen LogP contribution in [0.2, 0.25) is 0 Å². The molecule has 0 aromatic carbocycles. The van der Waals surface area contributed by atoms with Gasteiger partial charge in [0.2, 0.25) is 0 Å². The molecule has 0 aliphatic heterocycles. The number of carboxylic acids is 1. The molecule has 0 fully saturated rings. The van der Waals surface area contributed by atoms with Gasteiger partial charge in [-0.15, -0.1) is 0 Å². The zero-order valence-corrected chi connectivity index (χ0v) is 15.8. The first-order valence-corrected chi connectivity index (χ1v) is 8.27. The van der Waals surface area contributed by atoms with Crippen molar-refractivity contribution >= 4 is 5.97 Å². The van der Waals surface area contributed by atoms with Crippen LogP contribution in [0.4, 0.5) is 4.39 Å². The predicted molar refractivity (Wildman–Crippen MR) is 106 cm³/mol. The second kappa shape index (κ2) is 9.56. The van der Waals surface area contributed by atoms with E-state index < -0.39 is 5.97 Å². The van der Waals surface area contributed by atoms with Crippen LogP contribution in [0.15, 0.2) is 95.2 Å². The summed E-state index contributed by atoms with van der Waals surface area (Å²) in [6.07, 6.45) is 12.1. The van der Waals surface area contributed by atoms with Gasteiger partial charge in [-0.3, -0.25) is 0 Å². The SMILES string of the molecule is C=C(C)/C=C(/C)C1=C(N(C)C(/C=C\C(=C)C(=O)O)=C/C)C=CC=C(F)C1. The van der Waals surface area contributed by atoms with Crippen LogP contribution >= 0.6 is 0 Å². The third-order valence-corrected chi connectivity index (χ3v) is 3.90. The number of likely N-dealkylation sites (N-methyl/N-ethyl adjacent to an activating group) is 1. The van der Waals surface area contributed by atoms with Gasteiger partial charge in [0.15, 0.2) is 0 Å². The molecule has 26 heavy (non-hydrogen) atoms. The topological polar surface area (TPSA) is 40.5 Å². The average Bonchev–Trinajstić information content (AvgIpc) is 2.75. The highest BCUT2D eigenvalue weighted by Gasteiger charge is 2.16. The van der Waals surface area contributed by atoms with Crippen LogP contribution in [0.5, 0.6) is 0 Å². The predicted octanol–water partition coefficient (Wildman–Crippen LogP) is 5.61. The molecular formula is C22H26FNO2. The standard InChI is InChI=1S/C22H26FNO2/c1-7-19(12-11-16(4)22(25)26)24(6)21-10-8-9-18(23)14-20(21)17(5)13-15(2)3/h7-13H,2,4,14H2,1,3,5-6H3,(H,25,26)/b12-11-,17-13-,19-7+. The minimum absolute atomic E-state index is 0.00516. The number of halogens is 1. The lowest BCUT2D eigenvalue weighted by Gasteiger charge is -2.25. The van der Waals surface area contributed by atoms with E-state index in [1.54, 1.807) is 12.2 Å². The lowest BCUT2D eigenvalue weighted by Crippen LogP contribution is -2.17. The van der Waals surface area contributed by atoms with Crippen LogP contribution in [-0.2, 0) is 4.79 Å². The first-order valence-electron chi connectivity index (χ1n) is 8.27.